The van der Waals surface area contributed by atoms with Crippen LogP contribution >= 0.6 is 0 Å². The van der Waals surface area contributed by atoms with Gasteiger partial charge < -0.3 is 9.97 Å². The maximum Gasteiger partial charge on any atom is 0.250 e. The van der Waals surface area contributed by atoms with Gasteiger partial charge in [-0.25, -0.2) is 4.98 Å². The molecule has 0 fully saturated rings. The minimum atomic E-state index is -0.188. The molecule has 0 saturated carbocycles. The van der Waals surface area contributed by atoms with Gasteiger partial charge in [-0.15, -0.1) is 0 Å². The third-order valence-corrected chi connectivity index (χ3v) is 2.16. The van der Waals surface area contributed by atoms with E-state index in [0.717, 1.165) is 11.3 Å². The van der Waals surface area contributed by atoms with E-state index >= 15 is 0 Å². The first-order valence-corrected chi connectivity index (χ1v) is 4.87. The van der Waals surface area contributed by atoms with E-state index in [4.69, 9.17) is 0 Å². The van der Waals surface area contributed by atoms with Crippen molar-refractivity contribution < 1.29 is 0 Å². The van der Waals surface area contributed by atoms with E-state index < -0.39 is 0 Å². The molecule has 5 nitrogen and oxygen atoms in total. The average molecular weight is 217 g/mol. The molecule has 0 aliphatic rings. The summed E-state index contributed by atoms with van der Waals surface area (Å²) in [6, 6.07) is 4.80. The van der Waals surface area contributed by atoms with E-state index in [9.17, 15) is 9.59 Å². The lowest BCUT2D eigenvalue weighted by atomic mass is 10.1. The van der Waals surface area contributed by atoms with Crippen molar-refractivity contribution >= 4 is 0 Å². The second-order valence-electron chi connectivity index (χ2n) is 3.62. The van der Waals surface area contributed by atoms with Crippen LogP contribution in [0, 0.1) is 6.92 Å². The Morgan fingerprint density at radius 1 is 1.19 bits per heavy atom. The number of aromatic nitrogens is 3. The van der Waals surface area contributed by atoms with Crippen molar-refractivity contribution in [2.24, 2.45) is 0 Å². The van der Waals surface area contributed by atoms with Gasteiger partial charge in [0.05, 0.1) is 12.0 Å². The molecule has 82 valence electrons. The highest BCUT2D eigenvalue weighted by atomic mass is 16.1. The summed E-state index contributed by atoms with van der Waals surface area (Å²) < 4.78 is 0. The van der Waals surface area contributed by atoms with Gasteiger partial charge in [-0.3, -0.25) is 9.59 Å². The van der Waals surface area contributed by atoms with Gasteiger partial charge in [-0.05, 0) is 18.6 Å². The van der Waals surface area contributed by atoms with E-state index in [1.807, 2.05) is 13.0 Å². The molecule has 0 aromatic carbocycles. The van der Waals surface area contributed by atoms with Crippen LogP contribution in [0.15, 0.2) is 34.1 Å². The zero-order valence-corrected chi connectivity index (χ0v) is 8.78. The number of H-pyrrole nitrogens is 2. The highest BCUT2D eigenvalue weighted by Crippen LogP contribution is 2.03. The van der Waals surface area contributed by atoms with E-state index in [1.54, 1.807) is 0 Å². The number of nitrogens with one attached hydrogen (secondary N) is 2. The van der Waals surface area contributed by atoms with Crippen molar-refractivity contribution in [2.45, 2.75) is 13.3 Å². The molecule has 0 radical (unpaired) electrons. The smallest absolute Gasteiger partial charge is 0.250 e. The highest BCUT2D eigenvalue weighted by molar-refractivity contribution is 5.21. The van der Waals surface area contributed by atoms with Crippen LogP contribution in [0.3, 0.4) is 0 Å². The molecular formula is C11H11N3O2. The average Bonchev–Trinajstić information content (AvgIpc) is 2.15. The predicted octanol–water partition coefficient (Wildman–Crippen LogP) is 0.357. The summed E-state index contributed by atoms with van der Waals surface area (Å²) in [4.78, 5) is 31.4. The summed E-state index contributed by atoms with van der Waals surface area (Å²) >= 11 is 0. The number of hydrogen-bond acceptors (Lipinski definition) is 3. The molecule has 2 aromatic rings. The van der Waals surface area contributed by atoms with Crippen molar-refractivity contribution in [3.05, 3.63) is 62.2 Å². The molecule has 0 amide bonds. The van der Waals surface area contributed by atoms with E-state index in [0.29, 0.717) is 12.1 Å². The molecule has 16 heavy (non-hydrogen) atoms. The van der Waals surface area contributed by atoms with Gasteiger partial charge in [-0.1, -0.05) is 0 Å². The topological polar surface area (TPSA) is 78.6 Å². The number of aryl methyl sites for hydroxylation is 1. The molecule has 0 atom stereocenters. The van der Waals surface area contributed by atoms with E-state index in [-0.39, 0.29) is 11.1 Å². The number of aromatic amines is 2. The maximum absolute atomic E-state index is 11.2. The second kappa shape index (κ2) is 4.14. The third-order valence-electron chi connectivity index (χ3n) is 2.16. The normalized spacial score (nSPS) is 10.3. The molecule has 2 rings (SSSR count). The number of pyridine rings is 1. The van der Waals surface area contributed by atoms with Gasteiger partial charge in [0.25, 0.3) is 5.56 Å². The minimum absolute atomic E-state index is 0.139. The molecule has 0 aliphatic heterocycles. The number of rotatable bonds is 2. The van der Waals surface area contributed by atoms with Gasteiger partial charge in [0.15, 0.2) is 0 Å². The first-order valence-electron chi connectivity index (χ1n) is 4.87. The number of nitrogens with zero attached hydrogens (tertiary/aromatic N) is 1. The lowest BCUT2D eigenvalue weighted by Gasteiger charge is -2.01. The largest absolute Gasteiger partial charge is 0.327 e. The molecule has 5 heteroatoms. The summed E-state index contributed by atoms with van der Waals surface area (Å²) in [5.74, 6) is 0. The van der Waals surface area contributed by atoms with Crippen LogP contribution < -0.4 is 11.1 Å². The fraction of sp³-hybridized carbons (Fsp3) is 0.182. The van der Waals surface area contributed by atoms with Crippen molar-refractivity contribution in [1.29, 1.82) is 0 Å². The summed E-state index contributed by atoms with van der Waals surface area (Å²) in [6.07, 6.45) is 1.84. The molecule has 0 unspecified atom stereocenters. The molecule has 2 N–H and O–H groups in total. The second-order valence-corrected chi connectivity index (χ2v) is 3.62. The van der Waals surface area contributed by atoms with Crippen molar-refractivity contribution in [2.75, 3.05) is 0 Å². The first kappa shape index (κ1) is 10.4. The van der Waals surface area contributed by atoms with Crippen LogP contribution in [0.4, 0.5) is 0 Å². The van der Waals surface area contributed by atoms with Crippen LogP contribution in [0.5, 0.6) is 0 Å². The van der Waals surface area contributed by atoms with Crippen molar-refractivity contribution in [3.63, 3.8) is 0 Å². The lowest BCUT2D eigenvalue weighted by Crippen LogP contribution is -2.10. The van der Waals surface area contributed by atoms with Gasteiger partial charge in [0, 0.05) is 24.2 Å². The SMILES string of the molecule is Cc1cc(Cc2cc(=O)[nH]cn2)cc(=O)[nH]1. The Hall–Kier alpha value is -2.17. The summed E-state index contributed by atoms with van der Waals surface area (Å²) in [6.45, 7) is 1.82. The zero-order chi connectivity index (χ0) is 11.5. The quantitative estimate of drug-likeness (QED) is 0.762. The monoisotopic (exact) mass is 217 g/mol. The maximum atomic E-state index is 11.2. The van der Waals surface area contributed by atoms with Gasteiger partial charge in [-0.2, -0.15) is 0 Å². The summed E-state index contributed by atoms with van der Waals surface area (Å²) in [7, 11) is 0. The summed E-state index contributed by atoms with van der Waals surface area (Å²) in [5, 5.41) is 0. The van der Waals surface area contributed by atoms with E-state index in [1.165, 1.54) is 18.5 Å². The zero-order valence-electron chi connectivity index (χ0n) is 8.78. The van der Waals surface area contributed by atoms with E-state index in [2.05, 4.69) is 15.0 Å². The Morgan fingerprint density at radius 3 is 2.69 bits per heavy atom. The van der Waals surface area contributed by atoms with Gasteiger partial charge in [0.2, 0.25) is 5.56 Å². The fourth-order valence-electron chi connectivity index (χ4n) is 1.57. The van der Waals surface area contributed by atoms with Gasteiger partial charge in [0.1, 0.15) is 0 Å². The van der Waals surface area contributed by atoms with Crippen LogP contribution in [-0.2, 0) is 6.42 Å². The highest BCUT2D eigenvalue weighted by Gasteiger charge is 2.00. The standard InChI is InChI=1S/C11H11N3O2/c1-7-2-8(4-11(16)14-7)3-9-5-10(15)13-6-12-9/h2,4-6H,3H2,1H3,(H,14,16)(H,12,13,15). The molecule has 2 aromatic heterocycles. The van der Waals surface area contributed by atoms with Crippen LogP contribution in [0.25, 0.3) is 0 Å². The Bertz CT molecular complexity index is 613. The Kier molecular flexibility index (Phi) is 2.68. The molecule has 0 bridgehead atoms. The Morgan fingerprint density at radius 2 is 2.00 bits per heavy atom. The van der Waals surface area contributed by atoms with Crippen LogP contribution in [0.2, 0.25) is 0 Å². The fourth-order valence-corrected chi connectivity index (χ4v) is 1.57. The molecule has 0 aliphatic carbocycles. The third kappa shape index (κ3) is 2.44. The molecule has 0 spiro atoms. The van der Waals surface area contributed by atoms with Crippen molar-refractivity contribution in [3.8, 4) is 0 Å². The number of hydrogen-bond donors (Lipinski definition) is 2. The lowest BCUT2D eigenvalue weighted by molar-refractivity contribution is 0.990. The summed E-state index contributed by atoms with van der Waals surface area (Å²) in [5.41, 5.74) is 1.96. The Labute approximate surface area is 91.2 Å². The first-order chi connectivity index (χ1) is 7.63. The van der Waals surface area contributed by atoms with Gasteiger partial charge >= 0.3 is 0 Å². The minimum Gasteiger partial charge on any atom is -0.327 e. The molecular weight excluding hydrogens is 206 g/mol. The van der Waals surface area contributed by atoms with Crippen LogP contribution in [0.1, 0.15) is 17.0 Å². The molecule has 0 saturated heterocycles. The Balaban J connectivity index is 2.34. The predicted molar refractivity (Wildman–Crippen MR) is 59.5 cm³/mol. The molecule has 2 heterocycles. The van der Waals surface area contributed by atoms with Crippen molar-refractivity contribution in [1.82, 2.24) is 15.0 Å². The van der Waals surface area contributed by atoms with Crippen LogP contribution in [-0.4, -0.2) is 15.0 Å².